The fraction of sp³-hybridized carbons (Fsp3) is 0.636. The van der Waals surface area contributed by atoms with Crippen LogP contribution >= 0.6 is 0 Å². The summed E-state index contributed by atoms with van der Waals surface area (Å²) >= 11 is 0. The summed E-state index contributed by atoms with van der Waals surface area (Å²) in [5.74, 6) is 0. The molecule has 0 unspecified atom stereocenters. The van der Waals surface area contributed by atoms with E-state index in [0.29, 0.717) is 5.67 Å². The minimum absolute atomic E-state index is 0.675. The Morgan fingerprint density at radius 1 is 0.706 bits per heavy atom. The van der Waals surface area contributed by atoms with Crippen LogP contribution in [-0.2, 0) is 17.7 Å². The molecule has 0 fully saturated rings. The highest BCUT2D eigenvalue weighted by Crippen LogP contribution is 2.24. The van der Waals surface area contributed by atoms with Gasteiger partial charge in [-0.25, -0.2) is 0 Å². The van der Waals surface area contributed by atoms with E-state index in [0.717, 1.165) is 0 Å². The van der Waals surface area contributed by atoms with E-state index >= 15 is 0 Å². The molecule has 0 saturated heterocycles. The minimum Gasteiger partial charge on any atom is -0.395 e. The van der Waals surface area contributed by atoms with Crippen LogP contribution in [0.25, 0.3) is 0 Å². The van der Waals surface area contributed by atoms with Crippen molar-refractivity contribution in [3.8, 4) is 0 Å². The van der Waals surface area contributed by atoms with Crippen molar-refractivity contribution in [3.63, 3.8) is 0 Å². The van der Waals surface area contributed by atoms with Gasteiger partial charge in [-0.3, -0.25) is 0 Å². The van der Waals surface area contributed by atoms with E-state index in [2.05, 4.69) is 0 Å². The van der Waals surface area contributed by atoms with Crippen LogP contribution in [0.1, 0.15) is 13.8 Å². The maximum Gasteiger partial charge on any atom is 0.366 e. The summed E-state index contributed by atoms with van der Waals surface area (Å²) in [6.45, 7) is 3.91. The van der Waals surface area contributed by atoms with Crippen LogP contribution in [0.5, 0.6) is 0 Å². The summed E-state index contributed by atoms with van der Waals surface area (Å²) in [6.07, 6.45) is 3.92. The Balaban J connectivity index is 5.17. The number of hydrogen-bond acceptors (Lipinski definition) is 4. The zero-order valence-electron chi connectivity index (χ0n) is 11.6. The van der Waals surface area contributed by atoms with E-state index in [4.69, 9.17) is 17.7 Å². The first-order chi connectivity index (χ1) is 8.07. The predicted molar refractivity (Wildman–Crippen MR) is 74.0 cm³/mol. The van der Waals surface area contributed by atoms with Gasteiger partial charge in [0.05, 0.1) is 0 Å². The summed E-state index contributed by atoms with van der Waals surface area (Å²) in [6, 6.07) is 0. The van der Waals surface area contributed by atoms with Crippen LogP contribution in [0, 0.1) is 0 Å². The Kier molecular flexibility index (Phi) is 7.85. The SMILES string of the molecule is CC=C[Si](C[Si](C=CC)(OC)OC)(OC)OC. The van der Waals surface area contributed by atoms with E-state index in [1.165, 1.54) is 0 Å². The third-order valence-corrected chi connectivity index (χ3v) is 11.1. The highest BCUT2D eigenvalue weighted by molar-refractivity contribution is 6.90. The molecule has 0 rings (SSSR count). The fourth-order valence-corrected chi connectivity index (χ4v) is 9.59. The summed E-state index contributed by atoms with van der Waals surface area (Å²) in [5.41, 5.74) is 4.70. The molecule has 0 saturated carbocycles. The van der Waals surface area contributed by atoms with E-state index in [9.17, 15) is 0 Å². The van der Waals surface area contributed by atoms with Crippen LogP contribution in [-0.4, -0.2) is 45.6 Å². The molecule has 0 heterocycles. The monoisotopic (exact) mass is 276 g/mol. The predicted octanol–water partition coefficient (Wildman–Crippen LogP) is 2.23. The van der Waals surface area contributed by atoms with Gasteiger partial charge in [-0.2, -0.15) is 0 Å². The summed E-state index contributed by atoms with van der Waals surface area (Å²) in [7, 11) is 1.95. The van der Waals surface area contributed by atoms with Crippen LogP contribution < -0.4 is 0 Å². The minimum atomic E-state index is -2.38. The van der Waals surface area contributed by atoms with Crippen molar-refractivity contribution in [3.05, 3.63) is 23.6 Å². The Morgan fingerprint density at radius 2 is 1.00 bits per heavy atom. The van der Waals surface area contributed by atoms with Crippen molar-refractivity contribution in [1.82, 2.24) is 0 Å². The number of rotatable bonds is 8. The van der Waals surface area contributed by atoms with Gasteiger partial charge in [-0.15, -0.1) is 0 Å². The van der Waals surface area contributed by atoms with Gasteiger partial charge in [0.2, 0.25) is 0 Å². The molecule has 0 radical (unpaired) electrons. The van der Waals surface area contributed by atoms with Gasteiger partial charge >= 0.3 is 17.1 Å². The van der Waals surface area contributed by atoms with Crippen molar-refractivity contribution < 1.29 is 17.7 Å². The normalized spacial score (nSPS) is 14.0. The van der Waals surface area contributed by atoms with Crippen LogP contribution in [0.3, 0.4) is 0 Å². The molecule has 0 aliphatic heterocycles. The fourth-order valence-electron chi connectivity index (χ4n) is 1.70. The average Bonchev–Trinajstić information content (AvgIpc) is 2.37. The molecule has 17 heavy (non-hydrogen) atoms. The van der Waals surface area contributed by atoms with Gasteiger partial charge in [0.1, 0.15) is 0 Å². The van der Waals surface area contributed by atoms with Gasteiger partial charge in [-0.05, 0) is 25.2 Å². The highest BCUT2D eigenvalue weighted by atomic mass is 28.4. The Bertz CT molecular complexity index is 232. The second-order valence-corrected chi connectivity index (χ2v) is 10.6. The van der Waals surface area contributed by atoms with E-state index in [1.807, 2.05) is 37.4 Å². The molecule has 4 nitrogen and oxygen atoms in total. The molecule has 100 valence electrons. The molecule has 0 aliphatic rings. The zero-order chi connectivity index (χ0) is 13.4. The maximum atomic E-state index is 5.60. The van der Waals surface area contributed by atoms with Crippen LogP contribution in [0.2, 0.25) is 5.67 Å². The quantitative estimate of drug-likeness (QED) is 0.637. The Labute approximate surface area is 107 Å². The molecule has 0 aromatic rings. The molecular weight excluding hydrogens is 252 g/mol. The second-order valence-electron chi connectivity index (χ2n) is 3.62. The van der Waals surface area contributed by atoms with E-state index in [-0.39, 0.29) is 0 Å². The first kappa shape index (κ1) is 16.8. The van der Waals surface area contributed by atoms with Gasteiger partial charge in [0, 0.05) is 34.1 Å². The zero-order valence-corrected chi connectivity index (χ0v) is 13.6. The molecule has 0 spiro atoms. The van der Waals surface area contributed by atoms with Crippen molar-refractivity contribution in [2.75, 3.05) is 28.4 Å². The molecule has 0 aliphatic carbocycles. The summed E-state index contributed by atoms with van der Waals surface area (Å²) in [4.78, 5) is 0. The van der Waals surface area contributed by atoms with Crippen LogP contribution in [0.15, 0.2) is 23.6 Å². The third-order valence-electron chi connectivity index (χ3n) is 2.72. The molecule has 0 aromatic heterocycles. The topological polar surface area (TPSA) is 36.9 Å². The number of hydrogen-bond donors (Lipinski definition) is 0. The van der Waals surface area contributed by atoms with Crippen molar-refractivity contribution >= 4 is 17.1 Å². The third kappa shape index (κ3) is 4.49. The van der Waals surface area contributed by atoms with Gasteiger partial charge in [-0.1, -0.05) is 12.2 Å². The first-order valence-corrected chi connectivity index (χ1v) is 9.76. The molecule has 6 heteroatoms. The molecule has 0 N–H and O–H groups in total. The average molecular weight is 276 g/mol. The van der Waals surface area contributed by atoms with Crippen molar-refractivity contribution in [2.24, 2.45) is 0 Å². The first-order valence-electron chi connectivity index (χ1n) is 5.56. The van der Waals surface area contributed by atoms with E-state index < -0.39 is 17.1 Å². The maximum absolute atomic E-state index is 5.60. The lowest BCUT2D eigenvalue weighted by Gasteiger charge is -2.32. The number of allylic oxidation sites excluding steroid dienone is 2. The summed E-state index contributed by atoms with van der Waals surface area (Å²) in [5, 5.41) is 0. The lowest BCUT2D eigenvalue weighted by molar-refractivity contribution is 0.234. The molecule has 0 bridgehead atoms. The van der Waals surface area contributed by atoms with Gasteiger partial charge < -0.3 is 17.7 Å². The smallest absolute Gasteiger partial charge is 0.366 e. The Hall–Kier alpha value is -0.246. The molecule has 0 aromatic carbocycles. The second kappa shape index (κ2) is 7.96. The highest BCUT2D eigenvalue weighted by Gasteiger charge is 2.46. The molecule has 0 atom stereocenters. The molecular formula is C11H24O4Si2. The van der Waals surface area contributed by atoms with Crippen LogP contribution in [0.4, 0.5) is 0 Å². The largest absolute Gasteiger partial charge is 0.395 e. The lowest BCUT2D eigenvalue weighted by atomic mass is 10.8. The standard InChI is InChI=1S/C11H24O4Si2/c1-7-9-16(12-3,13-4)11-17(14-5,15-6)10-8-2/h7-10H,11H2,1-6H3. The van der Waals surface area contributed by atoms with Gasteiger partial charge in [0.25, 0.3) is 0 Å². The lowest BCUT2D eigenvalue weighted by Crippen LogP contribution is -2.51. The van der Waals surface area contributed by atoms with Crippen molar-refractivity contribution in [1.29, 1.82) is 0 Å². The molecule has 0 amide bonds. The van der Waals surface area contributed by atoms with Gasteiger partial charge in [0.15, 0.2) is 0 Å². The van der Waals surface area contributed by atoms with Crippen molar-refractivity contribution in [2.45, 2.75) is 19.5 Å². The van der Waals surface area contributed by atoms with E-state index in [1.54, 1.807) is 28.4 Å². The summed E-state index contributed by atoms with van der Waals surface area (Å²) < 4.78 is 22.4. The Morgan fingerprint density at radius 3 is 1.18 bits per heavy atom.